The van der Waals surface area contributed by atoms with Crippen LogP contribution < -0.4 is 0 Å². The zero-order valence-corrected chi connectivity index (χ0v) is 13.2. The summed E-state index contributed by atoms with van der Waals surface area (Å²) < 4.78 is 28.8. The van der Waals surface area contributed by atoms with E-state index in [2.05, 4.69) is 9.72 Å². The van der Waals surface area contributed by atoms with E-state index in [9.17, 15) is 18.0 Å². The minimum absolute atomic E-state index is 0.0584. The minimum Gasteiger partial charge on any atom is -0.464 e. The molecule has 0 atom stereocenters. The van der Waals surface area contributed by atoms with Crippen LogP contribution in [0.5, 0.6) is 0 Å². The zero-order valence-electron chi connectivity index (χ0n) is 12.4. The molecule has 1 aliphatic heterocycles. The molecule has 0 aromatic carbocycles. The molecule has 0 N–H and O–H groups in total. The smallest absolute Gasteiger partial charge is 0.356 e. The normalized spacial score (nSPS) is 16.4. The number of rotatable bonds is 3. The van der Waals surface area contributed by atoms with Gasteiger partial charge in [0.2, 0.25) is 10.0 Å². The Morgan fingerprint density at radius 2 is 1.73 bits per heavy atom. The van der Waals surface area contributed by atoms with Crippen LogP contribution in [-0.2, 0) is 14.8 Å². The second-order valence-electron chi connectivity index (χ2n) is 4.85. The Hall–Kier alpha value is -2.00. The van der Waals surface area contributed by atoms with Gasteiger partial charge < -0.3 is 9.64 Å². The first-order valence-corrected chi connectivity index (χ1v) is 8.47. The van der Waals surface area contributed by atoms with Gasteiger partial charge in [-0.05, 0) is 12.1 Å². The maximum Gasteiger partial charge on any atom is 0.356 e. The molecule has 0 saturated carbocycles. The Labute approximate surface area is 128 Å². The number of hydrogen-bond donors (Lipinski definition) is 0. The molecule has 120 valence electrons. The lowest BCUT2D eigenvalue weighted by molar-refractivity contribution is 0.0593. The molecule has 1 fully saturated rings. The van der Waals surface area contributed by atoms with Crippen molar-refractivity contribution < 1.29 is 22.7 Å². The number of esters is 1. The van der Waals surface area contributed by atoms with Gasteiger partial charge in [0.15, 0.2) is 0 Å². The fourth-order valence-electron chi connectivity index (χ4n) is 2.16. The van der Waals surface area contributed by atoms with Gasteiger partial charge in [0.05, 0.1) is 13.4 Å². The fraction of sp³-hybridized carbons (Fsp3) is 0.462. The topological polar surface area (TPSA) is 96.9 Å². The molecule has 1 aromatic heterocycles. The van der Waals surface area contributed by atoms with Crippen molar-refractivity contribution in [3.05, 3.63) is 29.6 Å². The van der Waals surface area contributed by atoms with Gasteiger partial charge in [0, 0.05) is 26.2 Å². The van der Waals surface area contributed by atoms with Crippen LogP contribution in [0, 0.1) is 0 Å². The number of carbonyl (C=O) groups is 2. The Balaban J connectivity index is 2.09. The summed E-state index contributed by atoms with van der Waals surface area (Å²) in [5.74, 6) is -0.949. The van der Waals surface area contributed by atoms with Crippen molar-refractivity contribution in [2.45, 2.75) is 0 Å². The Morgan fingerprint density at radius 1 is 1.14 bits per heavy atom. The molecule has 22 heavy (non-hydrogen) atoms. The summed E-state index contributed by atoms with van der Waals surface area (Å²) in [6.07, 6.45) is 1.14. The summed E-state index contributed by atoms with van der Waals surface area (Å²) in [6.45, 7) is 1.08. The molecular weight excluding hydrogens is 310 g/mol. The van der Waals surface area contributed by atoms with Crippen LogP contribution in [0.3, 0.4) is 0 Å². The van der Waals surface area contributed by atoms with Crippen LogP contribution >= 0.6 is 0 Å². The largest absolute Gasteiger partial charge is 0.464 e. The summed E-state index contributed by atoms with van der Waals surface area (Å²) in [4.78, 5) is 29.3. The number of nitrogens with zero attached hydrogens (tertiary/aromatic N) is 3. The summed E-state index contributed by atoms with van der Waals surface area (Å²) in [7, 11) is -2.00. The van der Waals surface area contributed by atoms with Crippen molar-refractivity contribution in [3.8, 4) is 0 Å². The molecule has 2 rings (SSSR count). The molecule has 2 heterocycles. The molecule has 1 aliphatic rings. The summed E-state index contributed by atoms with van der Waals surface area (Å²) in [5, 5.41) is 0. The number of hydrogen-bond acceptors (Lipinski definition) is 6. The van der Waals surface area contributed by atoms with E-state index in [4.69, 9.17) is 0 Å². The number of pyridine rings is 1. The Kier molecular flexibility index (Phi) is 4.77. The van der Waals surface area contributed by atoms with Gasteiger partial charge in [-0.2, -0.15) is 4.31 Å². The molecule has 8 nitrogen and oxygen atoms in total. The van der Waals surface area contributed by atoms with Crippen LogP contribution in [0.4, 0.5) is 0 Å². The first-order chi connectivity index (χ1) is 10.3. The molecule has 0 unspecified atom stereocenters. The third kappa shape index (κ3) is 3.60. The number of sulfonamides is 1. The highest BCUT2D eigenvalue weighted by Crippen LogP contribution is 2.10. The lowest BCUT2D eigenvalue weighted by Crippen LogP contribution is -2.50. The van der Waals surface area contributed by atoms with E-state index in [0.29, 0.717) is 0 Å². The van der Waals surface area contributed by atoms with Crippen molar-refractivity contribution in [2.24, 2.45) is 0 Å². The molecule has 0 spiro atoms. The molecule has 1 aromatic rings. The van der Waals surface area contributed by atoms with Crippen LogP contribution in [-0.4, -0.2) is 74.0 Å². The molecule has 0 radical (unpaired) electrons. The van der Waals surface area contributed by atoms with E-state index in [1.165, 1.54) is 28.4 Å². The first kappa shape index (κ1) is 16.4. The third-order valence-electron chi connectivity index (χ3n) is 3.36. The molecule has 1 saturated heterocycles. The molecule has 0 bridgehead atoms. The predicted molar refractivity (Wildman–Crippen MR) is 77.9 cm³/mol. The van der Waals surface area contributed by atoms with E-state index in [0.717, 1.165) is 6.26 Å². The minimum atomic E-state index is -3.24. The van der Waals surface area contributed by atoms with E-state index < -0.39 is 16.0 Å². The summed E-state index contributed by atoms with van der Waals surface area (Å²) in [5.41, 5.74) is 0.193. The van der Waals surface area contributed by atoms with Crippen molar-refractivity contribution in [3.63, 3.8) is 0 Å². The van der Waals surface area contributed by atoms with Gasteiger partial charge in [-0.25, -0.2) is 18.2 Å². The first-order valence-electron chi connectivity index (χ1n) is 6.62. The monoisotopic (exact) mass is 327 g/mol. The third-order valence-corrected chi connectivity index (χ3v) is 4.66. The highest BCUT2D eigenvalue weighted by molar-refractivity contribution is 7.88. The lowest BCUT2D eigenvalue weighted by Gasteiger charge is -2.33. The van der Waals surface area contributed by atoms with Gasteiger partial charge in [0.1, 0.15) is 11.4 Å². The summed E-state index contributed by atoms with van der Waals surface area (Å²) >= 11 is 0. The zero-order chi connectivity index (χ0) is 16.3. The van der Waals surface area contributed by atoms with Gasteiger partial charge in [-0.3, -0.25) is 4.79 Å². The van der Waals surface area contributed by atoms with Gasteiger partial charge in [0.25, 0.3) is 5.91 Å². The van der Waals surface area contributed by atoms with E-state index in [-0.39, 0.29) is 43.5 Å². The highest BCUT2D eigenvalue weighted by atomic mass is 32.2. The lowest BCUT2D eigenvalue weighted by atomic mass is 10.2. The molecule has 0 aliphatic carbocycles. The van der Waals surface area contributed by atoms with Crippen LogP contribution in [0.15, 0.2) is 18.2 Å². The maximum atomic E-state index is 12.4. The SMILES string of the molecule is COC(=O)c1cccc(C(=O)N2CCN(S(C)(=O)=O)CC2)n1. The average molecular weight is 327 g/mol. The van der Waals surface area contributed by atoms with Crippen molar-refractivity contribution in [2.75, 3.05) is 39.5 Å². The number of aromatic nitrogens is 1. The van der Waals surface area contributed by atoms with E-state index in [1.54, 1.807) is 6.07 Å². The predicted octanol–water partition coefficient (Wildman–Crippen LogP) is -0.414. The number of amides is 1. The summed E-state index contributed by atoms with van der Waals surface area (Å²) in [6, 6.07) is 4.53. The van der Waals surface area contributed by atoms with Gasteiger partial charge >= 0.3 is 5.97 Å². The second-order valence-corrected chi connectivity index (χ2v) is 6.84. The second kappa shape index (κ2) is 6.41. The number of piperazine rings is 1. The fourth-order valence-corrected chi connectivity index (χ4v) is 2.98. The number of methoxy groups -OCH3 is 1. The van der Waals surface area contributed by atoms with Crippen LogP contribution in [0.2, 0.25) is 0 Å². The van der Waals surface area contributed by atoms with Gasteiger partial charge in [-0.15, -0.1) is 0 Å². The van der Waals surface area contributed by atoms with Crippen molar-refractivity contribution in [1.82, 2.24) is 14.2 Å². The van der Waals surface area contributed by atoms with Gasteiger partial charge in [-0.1, -0.05) is 6.07 Å². The van der Waals surface area contributed by atoms with Crippen LogP contribution in [0.25, 0.3) is 0 Å². The number of ether oxygens (including phenoxy) is 1. The standard InChI is InChI=1S/C13H17N3O5S/c1-21-13(18)11-5-3-4-10(14-11)12(17)15-6-8-16(9-7-15)22(2,19)20/h3-5H,6-9H2,1-2H3. The Bertz CT molecular complexity index is 681. The highest BCUT2D eigenvalue weighted by Gasteiger charge is 2.27. The molecular formula is C13H17N3O5S. The van der Waals surface area contributed by atoms with Crippen molar-refractivity contribution >= 4 is 21.9 Å². The molecule has 9 heteroatoms. The van der Waals surface area contributed by atoms with E-state index >= 15 is 0 Å². The van der Waals surface area contributed by atoms with Crippen LogP contribution in [0.1, 0.15) is 21.0 Å². The number of carbonyl (C=O) groups excluding carboxylic acids is 2. The maximum absolute atomic E-state index is 12.4. The van der Waals surface area contributed by atoms with Crippen molar-refractivity contribution in [1.29, 1.82) is 0 Å². The Morgan fingerprint density at radius 3 is 2.27 bits per heavy atom. The van der Waals surface area contributed by atoms with E-state index in [1.807, 2.05) is 0 Å². The quantitative estimate of drug-likeness (QED) is 0.700. The molecule has 1 amide bonds. The average Bonchev–Trinajstić information content (AvgIpc) is 2.53.